The van der Waals surface area contributed by atoms with E-state index < -0.39 is 0 Å². The van der Waals surface area contributed by atoms with E-state index in [1.807, 2.05) is 0 Å². The summed E-state index contributed by atoms with van der Waals surface area (Å²) in [7, 11) is 0. The highest BCUT2D eigenvalue weighted by Crippen LogP contribution is 2.29. The zero-order chi connectivity index (χ0) is 11.0. The van der Waals surface area contributed by atoms with Crippen LogP contribution in [0.2, 0.25) is 0 Å². The maximum absolute atomic E-state index is 5.39. The normalized spacial score (nSPS) is 14.9. The number of rotatable bonds is 1. The predicted octanol–water partition coefficient (Wildman–Crippen LogP) is 2.79. The first-order chi connectivity index (χ1) is 7.88. The molecule has 0 aliphatic carbocycles. The summed E-state index contributed by atoms with van der Waals surface area (Å²) in [5, 5.41) is 2.77. The van der Waals surface area contributed by atoms with E-state index in [9.17, 15) is 0 Å². The SMILES string of the molecule is C#CCN1Cc2cccc3cccc(c23)C1. The van der Waals surface area contributed by atoms with Crippen LogP contribution < -0.4 is 0 Å². The van der Waals surface area contributed by atoms with Crippen LogP contribution in [0.25, 0.3) is 10.8 Å². The molecule has 0 N–H and O–H groups in total. The Labute approximate surface area is 95.7 Å². The lowest BCUT2D eigenvalue weighted by Gasteiger charge is -2.27. The van der Waals surface area contributed by atoms with Gasteiger partial charge in [-0.2, -0.15) is 0 Å². The largest absolute Gasteiger partial charge is 0.284 e. The zero-order valence-corrected chi connectivity index (χ0v) is 9.11. The highest BCUT2D eigenvalue weighted by atomic mass is 15.1. The van der Waals surface area contributed by atoms with Crippen molar-refractivity contribution in [2.75, 3.05) is 6.54 Å². The summed E-state index contributed by atoms with van der Waals surface area (Å²) in [4.78, 5) is 2.30. The number of nitrogens with zero attached hydrogens (tertiary/aromatic N) is 1. The number of hydrogen-bond acceptors (Lipinski definition) is 1. The van der Waals surface area contributed by atoms with E-state index in [2.05, 4.69) is 47.2 Å². The van der Waals surface area contributed by atoms with Crippen molar-refractivity contribution in [3.8, 4) is 12.3 Å². The first-order valence-electron chi connectivity index (χ1n) is 5.54. The van der Waals surface area contributed by atoms with Crippen molar-refractivity contribution in [1.82, 2.24) is 4.90 Å². The molecule has 0 atom stereocenters. The first kappa shape index (κ1) is 9.45. The topological polar surface area (TPSA) is 3.24 Å². The molecular formula is C15H13N. The lowest BCUT2D eigenvalue weighted by Crippen LogP contribution is -2.26. The van der Waals surface area contributed by atoms with Crippen LogP contribution in [0.5, 0.6) is 0 Å². The van der Waals surface area contributed by atoms with Crippen LogP contribution in [0.1, 0.15) is 11.1 Å². The minimum Gasteiger partial charge on any atom is -0.284 e. The Morgan fingerprint density at radius 2 is 1.69 bits per heavy atom. The molecular weight excluding hydrogens is 194 g/mol. The Morgan fingerprint density at radius 1 is 1.06 bits per heavy atom. The van der Waals surface area contributed by atoms with E-state index >= 15 is 0 Å². The van der Waals surface area contributed by atoms with Gasteiger partial charge in [-0.25, -0.2) is 0 Å². The average molecular weight is 207 g/mol. The van der Waals surface area contributed by atoms with Crippen molar-refractivity contribution in [3.63, 3.8) is 0 Å². The molecule has 1 heterocycles. The van der Waals surface area contributed by atoms with Gasteiger partial charge in [-0.15, -0.1) is 6.42 Å². The molecule has 0 radical (unpaired) electrons. The van der Waals surface area contributed by atoms with Crippen LogP contribution in [0.3, 0.4) is 0 Å². The molecule has 2 aromatic rings. The van der Waals surface area contributed by atoms with Crippen molar-refractivity contribution >= 4 is 10.8 Å². The summed E-state index contributed by atoms with van der Waals surface area (Å²) in [5.74, 6) is 2.73. The third-order valence-corrected chi connectivity index (χ3v) is 3.18. The van der Waals surface area contributed by atoms with Crippen molar-refractivity contribution < 1.29 is 0 Å². The third kappa shape index (κ3) is 1.39. The van der Waals surface area contributed by atoms with E-state index in [0.717, 1.165) is 19.6 Å². The van der Waals surface area contributed by atoms with E-state index in [0.29, 0.717) is 0 Å². The van der Waals surface area contributed by atoms with Gasteiger partial charge in [-0.3, -0.25) is 4.90 Å². The summed E-state index contributed by atoms with van der Waals surface area (Å²) in [6, 6.07) is 13.0. The van der Waals surface area contributed by atoms with Crippen molar-refractivity contribution in [2.45, 2.75) is 13.1 Å². The van der Waals surface area contributed by atoms with Crippen molar-refractivity contribution in [1.29, 1.82) is 0 Å². The van der Waals surface area contributed by atoms with Gasteiger partial charge < -0.3 is 0 Å². The fraction of sp³-hybridized carbons (Fsp3) is 0.200. The van der Waals surface area contributed by atoms with Gasteiger partial charge in [-0.1, -0.05) is 42.3 Å². The second-order valence-corrected chi connectivity index (χ2v) is 4.28. The van der Waals surface area contributed by atoms with E-state index in [1.165, 1.54) is 21.9 Å². The second-order valence-electron chi connectivity index (χ2n) is 4.28. The Bertz CT molecular complexity index is 537. The van der Waals surface area contributed by atoms with Crippen LogP contribution >= 0.6 is 0 Å². The minimum absolute atomic E-state index is 0.727. The highest BCUT2D eigenvalue weighted by molar-refractivity contribution is 5.89. The molecule has 0 spiro atoms. The molecule has 3 rings (SSSR count). The Hall–Kier alpha value is -1.78. The molecule has 0 amide bonds. The fourth-order valence-corrected chi connectivity index (χ4v) is 2.54. The van der Waals surface area contributed by atoms with Crippen molar-refractivity contribution in [2.24, 2.45) is 0 Å². The van der Waals surface area contributed by atoms with Gasteiger partial charge in [0, 0.05) is 13.1 Å². The lowest BCUT2D eigenvalue weighted by atomic mass is 9.95. The minimum atomic E-state index is 0.727. The average Bonchev–Trinajstić information content (AvgIpc) is 2.30. The van der Waals surface area contributed by atoms with Gasteiger partial charge in [0.2, 0.25) is 0 Å². The Balaban J connectivity index is 2.17. The number of terminal acetylenes is 1. The first-order valence-corrected chi connectivity index (χ1v) is 5.54. The summed E-state index contributed by atoms with van der Waals surface area (Å²) in [6.07, 6.45) is 5.39. The molecule has 0 aromatic heterocycles. The van der Waals surface area contributed by atoms with Gasteiger partial charge in [0.1, 0.15) is 0 Å². The van der Waals surface area contributed by atoms with E-state index in [4.69, 9.17) is 6.42 Å². The monoisotopic (exact) mass is 207 g/mol. The molecule has 1 nitrogen and oxygen atoms in total. The zero-order valence-electron chi connectivity index (χ0n) is 9.11. The molecule has 0 saturated carbocycles. The van der Waals surface area contributed by atoms with Crippen molar-refractivity contribution in [3.05, 3.63) is 47.5 Å². The maximum Gasteiger partial charge on any atom is 0.0605 e. The second kappa shape index (κ2) is 3.66. The van der Waals surface area contributed by atoms with Crippen LogP contribution in [0, 0.1) is 12.3 Å². The predicted molar refractivity (Wildman–Crippen MR) is 66.9 cm³/mol. The van der Waals surface area contributed by atoms with Crippen LogP contribution in [-0.4, -0.2) is 11.4 Å². The molecule has 0 unspecified atom stereocenters. The molecule has 1 heteroatoms. The van der Waals surface area contributed by atoms with Crippen LogP contribution in [0.15, 0.2) is 36.4 Å². The van der Waals surface area contributed by atoms with Gasteiger partial charge >= 0.3 is 0 Å². The summed E-state index contributed by atoms with van der Waals surface area (Å²) in [5.41, 5.74) is 2.80. The van der Waals surface area contributed by atoms with E-state index in [1.54, 1.807) is 0 Å². The van der Waals surface area contributed by atoms with Gasteiger partial charge in [-0.05, 0) is 21.9 Å². The fourth-order valence-electron chi connectivity index (χ4n) is 2.54. The molecule has 0 fully saturated rings. The molecule has 1 aliphatic rings. The summed E-state index contributed by atoms with van der Waals surface area (Å²) >= 11 is 0. The van der Waals surface area contributed by atoms with Crippen LogP contribution in [0.4, 0.5) is 0 Å². The summed E-state index contributed by atoms with van der Waals surface area (Å²) in [6.45, 7) is 2.67. The number of benzene rings is 2. The standard InChI is InChI=1S/C15H13N/c1-2-9-16-10-13-7-3-5-12-6-4-8-14(11-16)15(12)13/h1,3-8H,9-11H2. The third-order valence-electron chi connectivity index (χ3n) is 3.18. The summed E-state index contributed by atoms with van der Waals surface area (Å²) < 4.78 is 0. The lowest BCUT2D eigenvalue weighted by molar-refractivity contribution is 0.286. The van der Waals surface area contributed by atoms with Gasteiger partial charge in [0.25, 0.3) is 0 Å². The smallest absolute Gasteiger partial charge is 0.0605 e. The highest BCUT2D eigenvalue weighted by Gasteiger charge is 2.16. The van der Waals surface area contributed by atoms with Gasteiger partial charge in [0.15, 0.2) is 0 Å². The molecule has 0 saturated heterocycles. The molecule has 78 valence electrons. The molecule has 0 bridgehead atoms. The molecule has 1 aliphatic heterocycles. The van der Waals surface area contributed by atoms with Gasteiger partial charge in [0.05, 0.1) is 6.54 Å². The molecule has 2 aromatic carbocycles. The van der Waals surface area contributed by atoms with E-state index in [-0.39, 0.29) is 0 Å². The quantitative estimate of drug-likeness (QED) is 0.650. The Kier molecular flexibility index (Phi) is 2.16. The Morgan fingerprint density at radius 3 is 2.25 bits per heavy atom. The maximum atomic E-state index is 5.39. The van der Waals surface area contributed by atoms with Crippen LogP contribution in [-0.2, 0) is 13.1 Å². The molecule has 16 heavy (non-hydrogen) atoms. The number of hydrogen-bond donors (Lipinski definition) is 0.